The lowest BCUT2D eigenvalue weighted by atomic mass is 10.1. The zero-order valence-electron chi connectivity index (χ0n) is 21.0. The molecule has 0 unspecified atom stereocenters. The minimum absolute atomic E-state index is 0.118. The molecule has 38 heavy (non-hydrogen) atoms. The van der Waals surface area contributed by atoms with Crippen molar-refractivity contribution >= 4 is 23.5 Å². The minimum Gasteiger partial charge on any atom is -0.478 e. The molecule has 200 valence electrons. The van der Waals surface area contributed by atoms with Crippen LogP contribution in [0.5, 0.6) is 11.6 Å². The number of ether oxygens (including phenoxy) is 1. The van der Waals surface area contributed by atoms with Crippen LogP contribution in [0.1, 0.15) is 45.7 Å². The van der Waals surface area contributed by atoms with E-state index in [1.807, 2.05) is 6.92 Å². The molecule has 0 aliphatic carbocycles. The Bertz CT molecular complexity index is 1320. The number of nitrogens with zero attached hydrogens (tertiary/aromatic N) is 3. The van der Waals surface area contributed by atoms with Gasteiger partial charge < -0.3 is 14.7 Å². The summed E-state index contributed by atoms with van der Waals surface area (Å²) in [4.78, 5) is 44.8. The van der Waals surface area contributed by atoms with Crippen LogP contribution in [0.3, 0.4) is 0 Å². The molecule has 3 aromatic rings. The summed E-state index contributed by atoms with van der Waals surface area (Å²) >= 11 is 0. The number of pyridine rings is 1. The maximum atomic E-state index is 13.5. The lowest BCUT2D eigenvalue weighted by Gasteiger charge is -2.27. The van der Waals surface area contributed by atoms with Crippen molar-refractivity contribution in [1.82, 2.24) is 9.88 Å². The number of aromatic carboxylic acids is 1. The maximum absolute atomic E-state index is 13.5. The molecule has 8 nitrogen and oxygen atoms in total. The number of amides is 2. The van der Waals surface area contributed by atoms with E-state index in [1.54, 1.807) is 38.1 Å². The number of aromatic nitrogens is 1. The number of anilines is 1. The Labute approximate surface area is 217 Å². The number of benzene rings is 2. The third-order valence-electron chi connectivity index (χ3n) is 5.73. The number of aryl methyl sites for hydroxylation is 1. The molecule has 0 saturated carbocycles. The normalized spacial score (nSPS) is 11.1. The van der Waals surface area contributed by atoms with Gasteiger partial charge in [0.1, 0.15) is 17.9 Å². The van der Waals surface area contributed by atoms with Gasteiger partial charge in [0.05, 0.1) is 11.3 Å². The summed E-state index contributed by atoms with van der Waals surface area (Å²) in [5, 5.41) is 9.93. The van der Waals surface area contributed by atoms with Gasteiger partial charge in [-0.15, -0.1) is 0 Å². The van der Waals surface area contributed by atoms with Crippen LogP contribution < -0.4 is 9.64 Å². The molecule has 1 heterocycles. The van der Waals surface area contributed by atoms with Gasteiger partial charge in [0.25, 0.3) is 5.91 Å². The van der Waals surface area contributed by atoms with Crippen molar-refractivity contribution in [2.45, 2.75) is 26.9 Å². The number of carbonyl (C=O) groups excluding carboxylic acids is 2. The van der Waals surface area contributed by atoms with Crippen LogP contribution in [0, 0.1) is 6.92 Å². The van der Waals surface area contributed by atoms with Crippen LogP contribution in [-0.2, 0) is 11.0 Å². The second-order valence-corrected chi connectivity index (χ2v) is 8.26. The molecule has 0 spiro atoms. The van der Waals surface area contributed by atoms with Crippen LogP contribution >= 0.6 is 0 Å². The second kappa shape index (κ2) is 11.8. The minimum atomic E-state index is -4.75. The number of hydrogen-bond donors (Lipinski definition) is 1. The fraction of sp³-hybridized carbons (Fsp3) is 0.259. The Hall–Kier alpha value is -4.41. The zero-order valence-corrected chi connectivity index (χ0v) is 21.0. The van der Waals surface area contributed by atoms with Gasteiger partial charge in [0.2, 0.25) is 11.8 Å². The third kappa shape index (κ3) is 6.47. The van der Waals surface area contributed by atoms with Crippen LogP contribution in [0.15, 0.2) is 60.8 Å². The molecule has 11 heteroatoms. The molecule has 3 rings (SSSR count). The van der Waals surface area contributed by atoms with Gasteiger partial charge in [-0.05, 0) is 63.2 Å². The highest BCUT2D eigenvalue weighted by atomic mass is 19.4. The van der Waals surface area contributed by atoms with E-state index < -0.39 is 47.5 Å². The topological polar surface area (TPSA) is 100 Å². The number of carbonyl (C=O) groups is 3. The van der Waals surface area contributed by atoms with Crippen molar-refractivity contribution in [3.05, 3.63) is 83.0 Å². The van der Waals surface area contributed by atoms with Gasteiger partial charge in [-0.1, -0.05) is 17.7 Å². The predicted molar refractivity (Wildman–Crippen MR) is 133 cm³/mol. The van der Waals surface area contributed by atoms with E-state index in [4.69, 9.17) is 4.74 Å². The highest BCUT2D eigenvalue weighted by molar-refractivity contribution is 6.11. The van der Waals surface area contributed by atoms with Gasteiger partial charge in [-0.2, -0.15) is 13.2 Å². The first-order valence-corrected chi connectivity index (χ1v) is 11.7. The van der Waals surface area contributed by atoms with E-state index in [0.717, 1.165) is 34.9 Å². The molecule has 0 bridgehead atoms. The second-order valence-electron chi connectivity index (χ2n) is 8.26. The molecule has 0 atom stereocenters. The number of likely N-dealkylation sites (N-methyl/N-ethyl adjacent to an activating group) is 1. The van der Waals surface area contributed by atoms with Gasteiger partial charge in [-0.25, -0.2) is 9.78 Å². The van der Waals surface area contributed by atoms with Crippen LogP contribution in [0.4, 0.5) is 18.9 Å². The number of carboxylic acids is 1. The molecule has 0 saturated heterocycles. The van der Waals surface area contributed by atoms with Crippen LogP contribution in [-0.4, -0.2) is 52.4 Å². The molecule has 1 aromatic heterocycles. The highest BCUT2D eigenvalue weighted by Gasteiger charge is 2.35. The Morgan fingerprint density at radius 2 is 1.66 bits per heavy atom. The van der Waals surface area contributed by atoms with Crippen molar-refractivity contribution in [2.75, 3.05) is 24.5 Å². The lowest BCUT2D eigenvalue weighted by Crippen LogP contribution is -2.43. The molecular formula is C27H26F3N3O5. The first-order chi connectivity index (χ1) is 18.0. The summed E-state index contributed by atoms with van der Waals surface area (Å²) in [6.07, 6.45) is -3.64. The zero-order chi connectivity index (χ0) is 28.0. The monoisotopic (exact) mass is 529 g/mol. The molecule has 2 amide bonds. The first kappa shape index (κ1) is 28.2. The van der Waals surface area contributed by atoms with Gasteiger partial charge in [0, 0.05) is 24.8 Å². The highest BCUT2D eigenvalue weighted by Crippen LogP contribution is 2.37. The van der Waals surface area contributed by atoms with Gasteiger partial charge in [0.15, 0.2) is 0 Å². The summed E-state index contributed by atoms with van der Waals surface area (Å²) in [6, 6.07) is 11.8. The molecule has 0 radical (unpaired) electrons. The average Bonchev–Trinajstić information content (AvgIpc) is 2.88. The number of hydrogen-bond acceptors (Lipinski definition) is 5. The molecular weight excluding hydrogens is 503 g/mol. The predicted octanol–water partition coefficient (Wildman–Crippen LogP) is 5.41. The van der Waals surface area contributed by atoms with Crippen molar-refractivity contribution in [3.63, 3.8) is 0 Å². The standard InChI is InChI=1S/C27H26F3N3O5/c1-4-32(5-2)23(34)16-33(25(35)18-10-8-17(3)9-11-18)22-13-12-19(15-20(22)26(36)37)38-24-21(27(28,29)30)7-6-14-31-24/h6-15H,4-5,16H2,1-3H3,(H,36,37). The summed E-state index contributed by atoms with van der Waals surface area (Å²) in [7, 11) is 0. The molecule has 0 aliphatic heterocycles. The fourth-order valence-electron chi connectivity index (χ4n) is 3.71. The van der Waals surface area contributed by atoms with Crippen LogP contribution in [0.2, 0.25) is 0 Å². The van der Waals surface area contributed by atoms with E-state index in [2.05, 4.69) is 4.98 Å². The van der Waals surface area contributed by atoms with Crippen molar-refractivity contribution in [3.8, 4) is 11.6 Å². The number of halogens is 3. The lowest BCUT2D eigenvalue weighted by molar-refractivity contribution is -0.139. The smallest absolute Gasteiger partial charge is 0.421 e. The molecule has 2 aromatic carbocycles. The third-order valence-corrected chi connectivity index (χ3v) is 5.73. The SMILES string of the molecule is CCN(CC)C(=O)CN(C(=O)c1ccc(C)cc1)c1ccc(Oc2ncccc2C(F)(F)F)cc1C(=O)O. The maximum Gasteiger partial charge on any atom is 0.421 e. The fourth-order valence-corrected chi connectivity index (χ4v) is 3.71. The average molecular weight is 530 g/mol. The van der Waals surface area contributed by atoms with Gasteiger partial charge >= 0.3 is 12.1 Å². The molecule has 0 aliphatic rings. The quantitative estimate of drug-likeness (QED) is 0.398. The summed E-state index contributed by atoms with van der Waals surface area (Å²) < 4.78 is 45.4. The van der Waals surface area contributed by atoms with E-state index in [-0.39, 0.29) is 17.0 Å². The summed E-state index contributed by atoms with van der Waals surface area (Å²) in [5.74, 6) is -3.50. The number of rotatable bonds is 9. The first-order valence-electron chi connectivity index (χ1n) is 11.7. The van der Waals surface area contributed by atoms with E-state index >= 15 is 0 Å². The van der Waals surface area contributed by atoms with Gasteiger partial charge in [-0.3, -0.25) is 14.5 Å². The number of alkyl halides is 3. The van der Waals surface area contributed by atoms with E-state index in [1.165, 1.54) is 17.0 Å². The Balaban J connectivity index is 2.07. The Morgan fingerprint density at radius 1 is 1.00 bits per heavy atom. The Kier molecular flexibility index (Phi) is 8.72. The molecule has 1 N–H and O–H groups in total. The Morgan fingerprint density at radius 3 is 2.24 bits per heavy atom. The number of carboxylic acid groups (broad SMARTS) is 1. The summed E-state index contributed by atoms with van der Waals surface area (Å²) in [5.41, 5.74) is -0.578. The van der Waals surface area contributed by atoms with Crippen molar-refractivity contribution in [2.24, 2.45) is 0 Å². The molecule has 0 fully saturated rings. The largest absolute Gasteiger partial charge is 0.478 e. The van der Waals surface area contributed by atoms with Crippen LogP contribution in [0.25, 0.3) is 0 Å². The van der Waals surface area contributed by atoms with Crippen molar-refractivity contribution < 1.29 is 37.4 Å². The van der Waals surface area contributed by atoms with Crippen molar-refractivity contribution in [1.29, 1.82) is 0 Å². The van der Waals surface area contributed by atoms with E-state index in [9.17, 15) is 32.7 Å². The van der Waals surface area contributed by atoms with E-state index in [0.29, 0.717) is 13.1 Å². The summed E-state index contributed by atoms with van der Waals surface area (Å²) in [6.45, 7) is 5.69.